The molecule has 1 atom stereocenters. The largest absolute Gasteiger partial charge is 0.482 e. The number of carboxylic acid groups (broad SMARTS) is 1. The molecule has 0 aliphatic carbocycles. The monoisotopic (exact) mass is 384 g/mol. The second-order valence-electron chi connectivity index (χ2n) is 6.23. The Kier molecular flexibility index (Phi) is 5.78. The fraction of sp³-hybridized carbons (Fsp3) is 0.250. The van der Waals surface area contributed by atoms with Crippen molar-refractivity contribution in [3.05, 3.63) is 48.5 Å². The van der Waals surface area contributed by atoms with E-state index < -0.39 is 18.7 Å². The van der Waals surface area contributed by atoms with Gasteiger partial charge in [-0.3, -0.25) is 9.59 Å². The van der Waals surface area contributed by atoms with Gasteiger partial charge in [-0.05, 0) is 31.2 Å². The molecule has 2 aromatic rings. The summed E-state index contributed by atoms with van der Waals surface area (Å²) in [7, 11) is 0. The minimum atomic E-state index is -1.08. The maximum absolute atomic E-state index is 12.4. The number of amides is 2. The van der Waals surface area contributed by atoms with Crippen LogP contribution in [-0.4, -0.2) is 42.1 Å². The molecule has 146 valence electrons. The Morgan fingerprint density at radius 1 is 1.21 bits per heavy atom. The van der Waals surface area contributed by atoms with E-state index in [0.29, 0.717) is 22.9 Å². The van der Waals surface area contributed by atoms with Crippen molar-refractivity contribution >= 4 is 29.2 Å². The van der Waals surface area contributed by atoms with E-state index in [9.17, 15) is 14.4 Å². The molecule has 28 heavy (non-hydrogen) atoms. The number of carbonyl (C=O) groups excluding carboxylic acids is 2. The van der Waals surface area contributed by atoms with Gasteiger partial charge in [0.25, 0.3) is 5.91 Å². The number of benzene rings is 2. The highest BCUT2D eigenvalue weighted by atomic mass is 16.5. The Morgan fingerprint density at radius 3 is 2.79 bits per heavy atom. The van der Waals surface area contributed by atoms with E-state index in [-0.39, 0.29) is 24.8 Å². The highest BCUT2D eigenvalue weighted by Crippen LogP contribution is 2.33. The van der Waals surface area contributed by atoms with Gasteiger partial charge in [-0.2, -0.15) is 0 Å². The summed E-state index contributed by atoms with van der Waals surface area (Å²) in [5.41, 5.74) is 1.12. The molecule has 2 N–H and O–H groups in total. The molecule has 1 heterocycles. The van der Waals surface area contributed by atoms with Gasteiger partial charge in [-0.15, -0.1) is 0 Å². The van der Waals surface area contributed by atoms with Crippen molar-refractivity contribution < 1.29 is 29.0 Å². The van der Waals surface area contributed by atoms with E-state index in [0.717, 1.165) is 0 Å². The normalized spacial score (nSPS) is 15.4. The van der Waals surface area contributed by atoms with Crippen LogP contribution >= 0.6 is 0 Å². The van der Waals surface area contributed by atoms with E-state index in [4.69, 9.17) is 14.6 Å². The van der Waals surface area contributed by atoms with Gasteiger partial charge in [-0.1, -0.05) is 18.2 Å². The summed E-state index contributed by atoms with van der Waals surface area (Å²) < 4.78 is 10.7. The number of fused-ring (bicyclic) bond motifs is 1. The van der Waals surface area contributed by atoms with Crippen molar-refractivity contribution in [2.45, 2.75) is 19.4 Å². The van der Waals surface area contributed by atoms with Crippen LogP contribution in [0, 0.1) is 0 Å². The Morgan fingerprint density at radius 2 is 2.00 bits per heavy atom. The maximum atomic E-state index is 12.4. The molecule has 0 radical (unpaired) electrons. The minimum Gasteiger partial charge on any atom is -0.482 e. The number of ether oxygens (including phenoxy) is 2. The summed E-state index contributed by atoms with van der Waals surface area (Å²) in [6.45, 7) is 1.42. The molecule has 8 nitrogen and oxygen atoms in total. The Bertz CT molecular complexity index is 898. The average Bonchev–Trinajstić information content (AvgIpc) is 2.67. The molecule has 0 saturated heterocycles. The van der Waals surface area contributed by atoms with E-state index in [1.165, 1.54) is 6.07 Å². The Balaban J connectivity index is 1.61. The van der Waals surface area contributed by atoms with Crippen LogP contribution in [0.1, 0.15) is 13.3 Å². The van der Waals surface area contributed by atoms with Crippen LogP contribution in [0.4, 0.5) is 11.4 Å². The SMILES string of the molecule is CC1Oc2ccccc2N(CCC(=O)Nc2cccc(OCC(=O)O)c2)C1=O. The zero-order valence-electron chi connectivity index (χ0n) is 15.3. The summed E-state index contributed by atoms with van der Waals surface area (Å²) in [6, 6.07) is 13.7. The van der Waals surface area contributed by atoms with Gasteiger partial charge < -0.3 is 24.8 Å². The van der Waals surface area contributed by atoms with Gasteiger partial charge in [0.15, 0.2) is 12.7 Å². The zero-order valence-corrected chi connectivity index (χ0v) is 15.3. The molecule has 0 saturated carbocycles. The molecule has 8 heteroatoms. The third kappa shape index (κ3) is 4.59. The lowest BCUT2D eigenvalue weighted by molar-refractivity contribution is -0.139. The lowest BCUT2D eigenvalue weighted by atomic mass is 10.1. The number of rotatable bonds is 7. The molecule has 1 aliphatic heterocycles. The quantitative estimate of drug-likeness (QED) is 0.759. The molecule has 1 unspecified atom stereocenters. The first-order valence-corrected chi connectivity index (χ1v) is 8.75. The van der Waals surface area contributed by atoms with Gasteiger partial charge >= 0.3 is 5.97 Å². The second-order valence-corrected chi connectivity index (χ2v) is 6.23. The Labute approximate surface area is 161 Å². The molecule has 2 aromatic carbocycles. The number of carbonyl (C=O) groups is 3. The molecular weight excluding hydrogens is 364 g/mol. The summed E-state index contributed by atoms with van der Waals surface area (Å²) in [4.78, 5) is 36.9. The number of aliphatic carboxylic acids is 1. The maximum Gasteiger partial charge on any atom is 0.341 e. The molecular formula is C20H20N2O6. The minimum absolute atomic E-state index is 0.0903. The predicted octanol–water partition coefficient (Wildman–Crippen LogP) is 2.29. The number of anilines is 2. The van der Waals surface area contributed by atoms with E-state index in [1.54, 1.807) is 48.2 Å². The molecule has 0 aromatic heterocycles. The van der Waals surface area contributed by atoms with E-state index in [1.807, 2.05) is 6.07 Å². The summed E-state index contributed by atoms with van der Waals surface area (Å²) >= 11 is 0. The number of hydrogen-bond acceptors (Lipinski definition) is 5. The summed E-state index contributed by atoms with van der Waals surface area (Å²) in [5.74, 6) is -0.612. The Hall–Kier alpha value is -3.55. The third-order valence-electron chi connectivity index (χ3n) is 4.12. The number of para-hydroxylation sites is 2. The molecule has 3 rings (SSSR count). The fourth-order valence-electron chi connectivity index (χ4n) is 2.84. The van der Waals surface area contributed by atoms with Crippen LogP contribution in [0.3, 0.4) is 0 Å². The molecule has 0 fully saturated rings. The predicted molar refractivity (Wildman–Crippen MR) is 102 cm³/mol. The lowest BCUT2D eigenvalue weighted by Gasteiger charge is -2.32. The number of carboxylic acids is 1. The van der Waals surface area contributed by atoms with Crippen LogP contribution in [0.15, 0.2) is 48.5 Å². The molecule has 2 amide bonds. The standard InChI is InChI=1S/C20H20N2O6/c1-13-20(26)22(16-7-2-3-8-17(16)28-13)10-9-18(23)21-14-5-4-6-15(11-14)27-12-19(24)25/h2-8,11,13H,9-10,12H2,1H3,(H,21,23)(H,24,25). The highest BCUT2D eigenvalue weighted by Gasteiger charge is 2.31. The van der Waals surface area contributed by atoms with Crippen LogP contribution < -0.4 is 19.7 Å². The topological polar surface area (TPSA) is 105 Å². The third-order valence-corrected chi connectivity index (χ3v) is 4.12. The van der Waals surface area contributed by atoms with Gasteiger partial charge in [0.1, 0.15) is 11.5 Å². The smallest absolute Gasteiger partial charge is 0.341 e. The average molecular weight is 384 g/mol. The molecule has 0 spiro atoms. The van der Waals surface area contributed by atoms with Gasteiger partial charge in [0.2, 0.25) is 5.91 Å². The van der Waals surface area contributed by atoms with Gasteiger partial charge in [0.05, 0.1) is 5.69 Å². The first kappa shape index (κ1) is 19.2. The second kappa shape index (κ2) is 8.43. The van der Waals surface area contributed by atoms with Crippen LogP contribution in [0.2, 0.25) is 0 Å². The summed E-state index contributed by atoms with van der Waals surface area (Å²) in [6.07, 6.45) is -0.520. The number of nitrogens with one attached hydrogen (secondary N) is 1. The number of hydrogen-bond donors (Lipinski definition) is 2. The van der Waals surface area contributed by atoms with Crippen molar-refractivity contribution in [1.82, 2.24) is 0 Å². The number of nitrogens with zero attached hydrogens (tertiary/aromatic N) is 1. The lowest BCUT2D eigenvalue weighted by Crippen LogP contribution is -2.45. The zero-order chi connectivity index (χ0) is 20.1. The van der Waals surface area contributed by atoms with Crippen LogP contribution in [0.25, 0.3) is 0 Å². The van der Waals surface area contributed by atoms with Crippen molar-refractivity contribution in [1.29, 1.82) is 0 Å². The van der Waals surface area contributed by atoms with E-state index >= 15 is 0 Å². The van der Waals surface area contributed by atoms with Gasteiger partial charge in [-0.25, -0.2) is 4.79 Å². The first-order chi connectivity index (χ1) is 13.4. The fourth-order valence-corrected chi connectivity index (χ4v) is 2.84. The van der Waals surface area contributed by atoms with Crippen LogP contribution in [-0.2, 0) is 14.4 Å². The van der Waals surface area contributed by atoms with Crippen LogP contribution in [0.5, 0.6) is 11.5 Å². The van der Waals surface area contributed by atoms with Crippen molar-refractivity contribution in [2.75, 3.05) is 23.4 Å². The molecule has 1 aliphatic rings. The highest BCUT2D eigenvalue weighted by molar-refractivity contribution is 6.00. The van der Waals surface area contributed by atoms with Crippen molar-refractivity contribution in [2.24, 2.45) is 0 Å². The van der Waals surface area contributed by atoms with Crippen molar-refractivity contribution in [3.8, 4) is 11.5 Å². The van der Waals surface area contributed by atoms with Gasteiger partial charge in [0, 0.05) is 24.7 Å². The first-order valence-electron chi connectivity index (χ1n) is 8.75. The van der Waals surface area contributed by atoms with E-state index in [2.05, 4.69) is 5.32 Å². The van der Waals surface area contributed by atoms with Crippen molar-refractivity contribution in [3.63, 3.8) is 0 Å². The molecule has 0 bridgehead atoms. The summed E-state index contributed by atoms with van der Waals surface area (Å²) in [5, 5.41) is 11.4.